The Hall–Kier alpha value is -2.43. The Labute approximate surface area is 299 Å². The number of carboxylic acids is 1. The molecule has 0 aromatic heterocycles. The summed E-state index contributed by atoms with van der Waals surface area (Å²) in [7, 11) is 1.78. The van der Waals surface area contributed by atoms with E-state index in [0.29, 0.717) is 31.6 Å². The molecule has 8 atom stereocenters. The van der Waals surface area contributed by atoms with E-state index < -0.39 is 41.2 Å². The number of ether oxygens (including phenoxy) is 2. The van der Waals surface area contributed by atoms with Gasteiger partial charge in [0.1, 0.15) is 23.2 Å². The van der Waals surface area contributed by atoms with Crippen LogP contribution in [0.2, 0.25) is 0 Å². The number of thioether (sulfide) groups is 1. The second-order valence-corrected chi connectivity index (χ2v) is 17.2. The van der Waals surface area contributed by atoms with Gasteiger partial charge in [0.15, 0.2) is 0 Å². The zero-order chi connectivity index (χ0) is 35.6. The lowest BCUT2D eigenvalue weighted by atomic mass is 9.80. The summed E-state index contributed by atoms with van der Waals surface area (Å²) in [5.41, 5.74) is 5.39. The Morgan fingerprint density at radius 2 is 1.82 bits per heavy atom. The molecular weight excluding hydrogens is 662 g/mol. The van der Waals surface area contributed by atoms with Gasteiger partial charge in [-0.3, -0.25) is 9.59 Å². The Morgan fingerprint density at radius 1 is 1.06 bits per heavy atom. The zero-order valence-electron chi connectivity index (χ0n) is 29.9. The highest BCUT2D eigenvalue weighted by molar-refractivity contribution is 8.00. The van der Waals surface area contributed by atoms with Gasteiger partial charge < -0.3 is 35.4 Å². The van der Waals surface area contributed by atoms with Crippen LogP contribution in [-0.2, 0) is 23.9 Å². The molecule has 2 saturated carbocycles. The molecule has 280 valence electrons. The molecule has 15 heteroatoms. The van der Waals surface area contributed by atoms with Gasteiger partial charge in [-0.2, -0.15) is 5.12 Å². The van der Waals surface area contributed by atoms with E-state index >= 15 is 0 Å². The van der Waals surface area contributed by atoms with Crippen molar-refractivity contribution >= 4 is 35.6 Å². The predicted molar refractivity (Wildman–Crippen MR) is 189 cm³/mol. The Bertz CT molecular complexity index is 1280. The number of nitrogens with zero attached hydrogens (tertiary/aromatic N) is 2. The maximum Gasteiger partial charge on any atom is 0.408 e. The molecule has 2 aliphatic carbocycles. The standard InChI is InChI=1S/C35H57N7O7S/c1-34(2,3)49-33(47)37-25-11-9-7-5-6-8-10-22-19-35(22,32(45)46)38-29(43)26-18-23(20-41(26)31(25)44)42-39-27(21-12-14-24(48-4)15-13-21)28(40-42)30-36-16-17-50-30/h8,10,21-28,30,36,39-40H,5-7,9,11-20H2,1-4H3,(H,37,47)(H,38,43)(H,45,46)/b10-8-/t21?,22-,23+,24?,25-,26+,27?,28?,30?,35+/m1/s1. The third-order valence-corrected chi connectivity index (χ3v) is 12.5. The number of aliphatic carboxylic acids is 1. The molecule has 5 fully saturated rings. The van der Waals surface area contributed by atoms with Gasteiger partial charge in [-0.15, -0.1) is 11.8 Å². The molecule has 4 heterocycles. The third kappa shape index (κ3) is 8.44. The van der Waals surface area contributed by atoms with Gasteiger partial charge in [-0.05, 0) is 84.5 Å². The minimum Gasteiger partial charge on any atom is -0.479 e. The highest BCUT2D eigenvalue weighted by Gasteiger charge is 2.61. The topological polar surface area (TPSA) is 174 Å². The Morgan fingerprint density at radius 3 is 2.50 bits per heavy atom. The maximum atomic E-state index is 14.5. The van der Waals surface area contributed by atoms with Crippen LogP contribution in [-0.4, -0.2) is 118 Å². The average molecular weight is 720 g/mol. The molecule has 0 radical (unpaired) electrons. The van der Waals surface area contributed by atoms with E-state index in [-0.39, 0.29) is 48.0 Å². The summed E-state index contributed by atoms with van der Waals surface area (Å²) in [6.45, 7) is 6.48. The van der Waals surface area contributed by atoms with Crippen LogP contribution in [0.4, 0.5) is 4.79 Å². The average Bonchev–Trinajstić information content (AvgIpc) is 3.52. The number of fused-ring (bicyclic) bond motifs is 2. The van der Waals surface area contributed by atoms with Crippen LogP contribution in [0.1, 0.15) is 91.4 Å². The largest absolute Gasteiger partial charge is 0.479 e. The number of amides is 3. The highest BCUT2D eigenvalue weighted by Crippen LogP contribution is 2.45. The molecular formula is C35H57N7O7S. The lowest BCUT2D eigenvalue weighted by Gasteiger charge is -2.35. The molecule has 50 heavy (non-hydrogen) atoms. The van der Waals surface area contributed by atoms with Gasteiger partial charge >= 0.3 is 12.1 Å². The Balaban J connectivity index is 1.25. The summed E-state index contributed by atoms with van der Waals surface area (Å²) in [4.78, 5) is 55.7. The molecule has 3 amide bonds. The lowest BCUT2D eigenvalue weighted by Crippen LogP contribution is -2.56. The van der Waals surface area contributed by atoms with Crippen LogP contribution in [0.5, 0.6) is 0 Å². The van der Waals surface area contributed by atoms with Crippen LogP contribution >= 0.6 is 11.8 Å². The number of methoxy groups -OCH3 is 1. The summed E-state index contributed by atoms with van der Waals surface area (Å²) in [6, 6.07) is -1.84. The van der Waals surface area contributed by atoms with Crippen molar-refractivity contribution in [2.24, 2.45) is 11.8 Å². The summed E-state index contributed by atoms with van der Waals surface area (Å²) in [6.07, 6.45) is 11.8. The number of carbonyl (C=O) groups is 4. The van der Waals surface area contributed by atoms with Gasteiger partial charge in [0.25, 0.3) is 0 Å². The van der Waals surface area contributed by atoms with Crippen molar-refractivity contribution < 1.29 is 33.8 Å². The first-order valence-corrected chi connectivity index (χ1v) is 19.6. The van der Waals surface area contributed by atoms with E-state index in [4.69, 9.17) is 9.47 Å². The summed E-state index contributed by atoms with van der Waals surface area (Å²) < 4.78 is 11.2. The van der Waals surface area contributed by atoms with E-state index in [9.17, 15) is 24.3 Å². The van der Waals surface area contributed by atoms with E-state index in [1.807, 2.05) is 29.0 Å². The first-order valence-electron chi connectivity index (χ1n) is 18.6. The number of hydrogen-bond acceptors (Lipinski definition) is 11. The molecule has 0 spiro atoms. The van der Waals surface area contributed by atoms with E-state index in [1.165, 1.54) is 0 Å². The third-order valence-electron chi connectivity index (χ3n) is 11.3. The van der Waals surface area contributed by atoms with Gasteiger partial charge in [-0.25, -0.2) is 20.4 Å². The molecule has 3 unspecified atom stereocenters. The number of carbonyl (C=O) groups excluding carboxylic acids is 3. The first-order chi connectivity index (χ1) is 23.9. The lowest BCUT2D eigenvalue weighted by molar-refractivity contribution is -0.145. The van der Waals surface area contributed by atoms with Crippen molar-refractivity contribution in [2.75, 3.05) is 26.0 Å². The van der Waals surface area contributed by atoms with Crippen molar-refractivity contribution in [3.8, 4) is 0 Å². The minimum absolute atomic E-state index is 0.102. The van der Waals surface area contributed by atoms with Crippen molar-refractivity contribution in [1.29, 1.82) is 0 Å². The number of hydrazine groups is 2. The minimum atomic E-state index is -1.39. The van der Waals surface area contributed by atoms with E-state index in [1.54, 1.807) is 32.8 Å². The molecule has 3 saturated heterocycles. The molecule has 0 aromatic carbocycles. The second kappa shape index (κ2) is 15.7. The van der Waals surface area contributed by atoms with Crippen molar-refractivity contribution in [3.05, 3.63) is 12.2 Å². The summed E-state index contributed by atoms with van der Waals surface area (Å²) in [5, 5.41) is 21.8. The van der Waals surface area contributed by atoms with Gasteiger partial charge in [0.2, 0.25) is 11.8 Å². The van der Waals surface area contributed by atoms with Crippen LogP contribution in [0, 0.1) is 11.8 Å². The zero-order valence-corrected chi connectivity index (χ0v) is 30.8. The van der Waals surface area contributed by atoms with Gasteiger partial charge in [-0.1, -0.05) is 25.0 Å². The SMILES string of the molecule is COC1CCC(C2NN([C@H]3C[C@H]4C(=O)N[C@@]5(C(=O)O)C[C@H]5/C=C\CCCCC[C@@H](NC(=O)OC(C)(C)C)C(=O)N4C3)NC2C2NCCS2)CC1. The molecule has 6 aliphatic rings. The van der Waals surface area contributed by atoms with Crippen LogP contribution < -0.4 is 26.8 Å². The molecule has 0 bridgehead atoms. The number of nitrogens with one attached hydrogen (secondary N) is 5. The Kier molecular flexibility index (Phi) is 11.7. The number of allylic oxidation sites excluding steroid dienone is 1. The highest BCUT2D eigenvalue weighted by atomic mass is 32.2. The normalized spacial score (nSPS) is 39.4. The van der Waals surface area contributed by atoms with Crippen LogP contribution in [0.3, 0.4) is 0 Å². The van der Waals surface area contributed by atoms with E-state index in [0.717, 1.165) is 57.2 Å². The molecule has 14 nitrogen and oxygen atoms in total. The predicted octanol–water partition coefficient (Wildman–Crippen LogP) is 2.26. The molecule has 4 aliphatic heterocycles. The van der Waals surface area contributed by atoms with E-state index in [2.05, 4.69) is 26.8 Å². The quantitative estimate of drug-likeness (QED) is 0.222. The molecule has 6 rings (SSSR count). The number of hydrogen-bond donors (Lipinski definition) is 6. The first kappa shape index (κ1) is 37.3. The monoisotopic (exact) mass is 719 g/mol. The van der Waals surface area contributed by atoms with Gasteiger partial charge in [0.05, 0.1) is 23.6 Å². The van der Waals surface area contributed by atoms with Crippen molar-refractivity contribution in [2.45, 2.75) is 144 Å². The number of alkyl carbamates (subject to hydrolysis) is 1. The molecule has 0 aromatic rings. The number of carboxylic acid groups (broad SMARTS) is 1. The van der Waals surface area contributed by atoms with Gasteiger partial charge in [0, 0.05) is 37.9 Å². The second-order valence-electron chi connectivity index (χ2n) is 15.9. The van der Waals surface area contributed by atoms with Crippen molar-refractivity contribution in [1.82, 2.24) is 36.8 Å². The van der Waals surface area contributed by atoms with Crippen LogP contribution in [0.15, 0.2) is 12.2 Å². The fraction of sp³-hybridized carbons (Fsp3) is 0.829. The number of rotatable bonds is 6. The fourth-order valence-corrected chi connectivity index (χ4v) is 9.62. The summed E-state index contributed by atoms with van der Waals surface area (Å²) in [5.74, 6) is -0.746. The molecule has 6 N–H and O–H groups in total. The summed E-state index contributed by atoms with van der Waals surface area (Å²) >= 11 is 1.91. The van der Waals surface area contributed by atoms with Crippen LogP contribution in [0.25, 0.3) is 0 Å². The maximum absolute atomic E-state index is 14.5. The fourth-order valence-electron chi connectivity index (χ4n) is 8.46. The smallest absolute Gasteiger partial charge is 0.408 e. The van der Waals surface area contributed by atoms with Crippen molar-refractivity contribution in [3.63, 3.8) is 0 Å².